The predicted molar refractivity (Wildman–Crippen MR) is 81.2 cm³/mol. The third-order valence-corrected chi connectivity index (χ3v) is 4.02. The Hall–Kier alpha value is -2.04. The quantitative estimate of drug-likeness (QED) is 0.905. The first-order valence-corrected chi connectivity index (χ1v) is 7.30. The van der Waals surface area contributed by atoms with E-state index in [4.69, 9.17) is 4.74 Å². The number of hydrogen-bond donors (Lipinski definition) is 1. The number of likely N-dealkylation sites (tertiary alicyclic amines) is 1. The number of nitrogens with one attached hydrogen (secondary N) is 1. The molecule has 1 aliphatic rings. The van der Waals surface area contributed by atoms with E-state index in [1.54, 1.807) is 24.1 Å². The van der Waals surface area contributed by atoms with Crippen molar-refractivity contribution in [3.8, 4) is 5.75 Å². The van der Waals surface area contributed by atoms with Crippen LogP contribution in [0.3, 0.4) is 0 Å². The summed E-state index contributed by atoms with van der Waals surface area (Å²) in [7, 11) is 1.56. The number of carbonyl (C=O) groups is 2. The Morgan fingerprint density at radius 3 is 2.86 bits per heavy atom. The summed E-state index contributed by atoms with van der Waals surface area (Å²) >= 11 is 0. The van der Waals surface area contributed by atoms with Crippen molar-refractivity contribution in [1.82, 2.24) is 4.90 Å². The minimum atomic E-state index is -0.295. The second-order valence-electron chi connectivity index (χ2n) is 5.39. The van der Waals surface area contributed by atoms with Gasteiger partial charge in [0.1, 0.15) is 5.75 Å². The fraction of sp³-hybridized carbons (Fsp3) is 0.500. The molecule has 1 fully saturated rings. The first-order valence-electron chi connectivity index (χ1n) is 7.30. The molecule has 2 rings (SSSR count). The summed E-state index contributed by atoms with van der Waals surface area (Å²) in [5, 5.41) is 2.86. The molecule has 1 saturated heterocycles. The van der Waals surface area contributed by atoms with Gasteiger partial charge in [-0.3, -0.25) is 9.59 Å². The Bertz CT molecular complexity index is 530. The standard InChI is InChI=1S/C16H22N2O3/c1-4-11(2)18-10-12(9-15(18)19)16(20)17-13-7-5-6-8-14(13)21-3/h5-8,11-12H,4,9-10H2,1-3H3,(H,17,20). The van der Waals surface area contributed by atoms with Crippen LogP contribution in [0.2, 0.25) is 0 Å². The van der Waals surface area contributed by atoms with Gasteiger partial charge in [0.15, 0.2) is 0 Å². The SMILES string of the molecule is CCC(C)N1CC(C(=O)Nc2ccccc2OC)CC1=O. The molecule has 0 bridgehead atoms. The van der Waals surface area contributed by atoms with Crippen molar-refractivity contribution in [2.24, 2.45) is 5.92 Å². The number of carbonyl (C=O) groups excluding carboxylic acids is 2. The molecule has 0 aromatic heterocycles. The normalized spacial score (nSPS) is 19.5. The van der Waals surface area contributed by atoms with Crippen LogP contribution in [-0.2, 0) is 9.59 Å². The van der Waals surface area contributed by atoms with Crippen LogP contribution in [0.1, 0.15) is 26.7 Å². The third-order valence-electron chi connectivity index (χ3n) is 4.02. The Morgan fingerprint density at radius 2 is 2.19 bits per heavy atom. The highest BCUT2D eigenvalue weighted by Gasteiger charge is 2.36. The van der Waals surface area contributed by atoms with Crippen LogP contribution in [0.5, 0.6) is 5.75 Å². The highest BCUT2D eigenvalue weighted by Crippen LogP contribution is 2.26. The minimum Gasteiger partial charge on any atom is -0.495 e. The van der Waals surface area contributed by atoms with Gasteiger partial charge in [-0.15, -0.1) is 0 Å². The predicted octanol–water partition coefficient (Wildman–Crippen LogP) is 2.28. The van der Waals surface area contributed by atoms with Gasteiger partial charge in [0.05, 0.1) is 18.7 Å². The molecule has 1 N–H and O–H groups in total. The molecular weight excluding hydrogens is 268 g/mol. The Balaban J connectivity index is 2.03. The molecule has 2 atom stereocenters. The number of hydrogen-bond acceptors (Lipinski definition) is 3. The zero-order valence-electron chi connectivity index (χ0n) is 12.8. The third kappa shape index (κ3) is 3.35. The largest absolute Gasteiger partial charge is 0.495 e. The zero-order chi connectivity index (χ0) is 15.4. The molecule has 5 heteroatoms. The van der Waals surface area contributed by atoms with Gasteiger partial charge >= 0.3 is 0 Å². The molecule has 1 heterocycles. The summed E-state index contributed by atoms with van der Waals surface area (Å²) in [5.74, 6) is 0.258. The van der Waals surface area contributed by atoms with Crippen molar-refractivity contribution in [1.29, 1.82) is 0 Å². The number of benzene rings is 1. The van der Waals surface area contributed by atoms with Crippen molar-refractivity contribution in [2.45, 2.75) is 32.7 Å². The average Bonchev–Trinajstić information content (AvgIpc) is 2.89. The Morgan fingerprint density at radius 1 is 1.48 bits per heavy atom. The topological polar surface area (TPSA) is 58.6 Å². The number of nitrogens with zero attached hydrogens (tertiary/aromatic N) is 1. The van der Waals surface area contributed by atoms with Gasteiger partial charge in [0, 0.05) is 19.0 Å². The average molecular weight is 290 g/mol. The van der Waals surface area contributed by atoms with E-state index in [-0.39, 0.29) is 30.2 Å². The van der Waals surface area contributed by atoms with Crippen LogP contribution in [-0.4, -0.2) is 36.4 Å². The van der Waals surface area contributed by atoms with Crippen molar-refractivity contribution < 1.29 is 14.3 Å². The van der Waals surface area contributed by atoms with E-state index in [1.165, 1.54) is 0 Å². The Kier molecular flexibility index (Phi) is 4.83. The smallest absolute Gasteiger partial charge is 0.229 e. The highest BCUT2D eigenvalue weighted by atomic mass is 16.5. The molecule has 0 saturated carbocycles. The maximum Gasteiger partial charge on any atom is 0.229 e. The number of methoxy groups -OCH3 is 1. The maximum atomic E-state index is 12.3. The van der Waals surface area contributed by atoms with E-state index in [0.29, 0.717) is 18.0 Å². The van der Waals surface area contributed by atoms with E-state index in [1.807, 2.05) is 26.0 Å². The molecule has 1 aromatic rings. The van der Waals surface area contributed by atoms with Crippen LogP contribution >= 0.6 is 0 Å². The first-order chi connectivity index (χ1) is 10.1. The van der Waals surface area contributed by atoms with Crippen LogP contribution in [0.25, 0.3) is 0 Å². The van der Waals surface area contributed by atoms with E-state index in [2.05, 4.69) is 5.32 Å². The van der Waals surface area contributed by atoms with E-state index >= 15 is 0 Å². The molecule has 1 aromatic carbocycles. The van der Waals surface area contributed by atoms with Crippen LogP contribution in [0.4, 0.5) is 5.69 Å². The van der Waals surface area contributed by atoms with Crippen molar-refractivity contribution in [3.63, 3.8) is 0 Å². The Labute approximate surface area is 125 Å². The van der Waals surface area contributed by atoms with Gasteiger partial charge in [-0.25, -0.2) is 0 Å². The highest BCUT2D eigenvalue weighted by molar-refractivity contribution is 5.98. The minimum absolute atomic E-state index is 0.0597. The van der Waals surface area contributed by atoms with E-state index in [9.17, 15) is 9.59 Å². The fourth-order valence-corrected chi connectivity index (χ4v) is 2.54. The first kappa shape index (κ1) is 15.4. The van der Waals surface area contributed by atoms with Gasteiger partial charge in [0.2, 0.25) is 11.8 Å². The van der Waals surface area contributed by atoms with Crippen LogP contribution < -0.4 is 10.1 Å². The van der Waals surface area contributed by atoms with Gasteiger partial charge in [-0.1, -0.05) is 19.1 Å². The molecular formula is C16H22N2O3. The molecule has 2 unspecified atom stereocenters. The van der Waals surface area contributed by atoms with Gasteiger partial charge < -0.3 is 15.0 Å². The number of amides is 2. The van der Waals surface area contributed by atoms with Crippen molar-refractivity contribution >= 4 is 17.5 Å². The second kappa shape index (κ2) is 6.61. The summed E-state index contributed by atoms with van der Waals surface area (Å²) < 4.78 is 5.21. The van der Waals surface area contributed by atoms with E-state index in [0.717, 1.165) is 6.42 Å². The lowest BCUT2D eigenvalue weighted by atomic mass is 10.1. The molecule has 0 spiro atoms. The van der Waals surface area contributed by atoms with Gasteiger partial charge in [-0.2, -0.15) is 0 Å². The van der Waals surface area contributed by atoms with Crippen molar-refractivity contribution in [3.05, 3.63) is 24.3 Å². The maximum absolute atomic E-state index is 12.3. The lowest BCUT2D eigenvalue weighted by molar-refractivity contribution is -0.129. The summed E-state index contributed by atoms with van der Waals surface area (Å²) in [6.07, 6.45) is 1.18. The molecule has 21 heavy (non-hydrogen) atoms. The van der Waals surface area contributed by atoms with Crippen LogP contribution in [0.15, 0.2) is 24.3 Å². The van der Waals surface area contributed by atoms with Crippen molar-refractivity contribution in [2.75, 3.05) is 19.0 Å². The summed E-state index contributed by atoms with van der Waals surface area (Å²) in [5.41, 5.74) is 0.638. The zero-order valence-corrected chi connectivity index (χ0v) is 12.8. The summed E-state index contributed by atoms with van der Waals surface area (Å²) in [4.78, 5) is 26.1. The van der Waals surface area contributed by atoms with Gasteiger partial charge in [0.25, 0.3) is 0 Å². The molecule has 5 nitrogen and oxygen atoms in total. The lowest BCUT2D eigenvalue weighted by Crippen LogP contribution is -2.35. The van der Waals surface area contributed by atoms with Gasteiger partial charge in [-0.05, 0) is 25.5 Å². The number of rotatable bonds is 5. The summed E-state index contributed by atoms with van der Waals surface area (Å²) in [6.45, 7) is 4.55. The molecule has 1 aliphatic heterocycles. The number of ether oxygens (including phenoxy) is 1. The lowest BCUT2D eigenvalue weighted by Gasteiger charge is -2.23. The fourth-order valence-electron chi connectivity index (χ4n) is 2.54. The number of para-hydroxylation sites is 2. The number of anilines is 1. The summed E-state index contributed by atoms with van der Waals surface area (Å²) in [6, 6.07) is 7.45. The van der Waals surface area contributed by atoms with Crippen LogP contribution in [0, 0.1) is 5.92 Å². The van der Waals surface area contributed by atoms with E-state index < -0.39 is 0 Å². The molecule has 2 amide bonds. The molecule has 0 aliphatic carbocycles. The monoisotopic (exact) mass is 290 g/mol. The second-order valence-corrected chi connectivity index (χ2v) is 5.39. The molecule has 0 radical (unpaired) electrons. The molecule has 114 valence electrons.